The zero-order valence-electron chi connectivity index (χ0n) is 25.1. The summed E-state index contributed by atoms with van der Waals surface area (Å²) in [6, 6.07) is 14.6. The number of benzene rings is 2. The summed E-state index contributed by atoms with van der Waals surface area (Å²) < 4.78 is 19.0. The molecule has 1 spiro atoms. The van der Waals surface area contributed by atoms with E-state index in [2.05, 4.69) is 45.7 Å². The van der Waals surface area contributed by atoms with Crippen LogP contribution in [0.2, 0.25) is 0 Å². The summed E-state index contributed by atoms with van der Waals surface area (Å²) in [4.78, 5) is 29.3. The van der Waals surface area contributed by atoms with Crippen LogP contribution >= 0.6 is 12.1 Å². The van der Waals surface area contributed by atoms with Crippen molar-refractivity contribution in [1.29, 1.82) is 0 Å². The number of amides is 2. The molecule has 3 aromatic rings. The molecule has 1 aromatic heterocycles. The molecule has 4 heterocycles. The summed E-state index contributed by atoms with van der Waals surface area (Å²) in [5.41, 5.74) is 7.18. The number of carbonyl (C=O) groups excluding carboxylic acids is 2. The molecule has 1 N–H and O–H groups in total. The van der Waals surface area contributed by atoms with Crippen molar-refractivity contribution in [3.63, 3.8) is 0 Å². The van der Waals surface area contributed by atoms with Crippen molar-refractivity contribution < 1.29 is 19.1 Å². The fraction of sp³-hybridized carbons (Fsp3) is 0.471. The van der Waals surface area contributed by atoms with Gasteiger partial charge in [-0.05, 0) is 62.2 Å². The number of carbonyl (C=O) groups is 2. The van der Waals surface area contributed by atoms with Crippen LogP contribution in [0.3, 0.4) is 0 Å². The van der Waals surface area contributed by atoms with Crippen molar-refractivity contribution in [3.8, 4) is 11.3 Å². The molecular weight excluding hydrogens is 560 g/mol. The average Bonchev–Trinajstić information content (AvgIpc) is 3.57. The predicted molar refractivity (Wildman–Crippen MR) is 170 cm³/mol. The van der Waals surface area contributed by atoms with E-state index in [1.165, 1.54) is 48.0 Å². The van der Waals surface area contributed by atoms with Crippen molar-refractivity contribution in [2.24, 2.45) is 0 Å². The Hall–Kier alpha value is -3.11. The number of fused-ring (bicyclic) bond motifs is 5. The molecule has 0 radical (unpaired) electrons. The number of likely N-dealkylation sites (tertiary alicyclic amines) is 1. The first-order valence-electron chi connectivity index (χ1n) is 15.6. The molecule has 7 rings (SSSR count). The zero-order chi connectivity index (χ0) is 29.6. The molecule has 1 aliphatic carbocycles. The van der Waals surface area contributed by atoms with Crippen LogP contribution in [0.15, 0.2) is 48.0 Å². The summed E-state index contributed by atoms with van der Waals surface area (Å²) in [5, 5.41) is 1.19. The summed E-state index contributed by atoms with van der Waals surface area (Å²) in [7, 11) is 3.80. The molecule has 2 saturated heterocycles. The highest BCUT2D eigenvalue weighted by atomic mass is 32.2. The summed E-state index contributed by atoms with van der Waals surface area (Å²) in [5.74, 6) is -0.143. The van der Waals surface area contributed by atoms with Crippen LogP contribution in [0.1, 0.15) is 72.3 Å². The Kier molecular flexibility index (Phi) is 7.84. The SMILES string of the molecule is CN(C)SNC(=O)c1ccc2c(C3CCCCC3)c3n(c2c1)CC(C(=O)N1CCC2(CC1)OCCO2)=Cc1ccccc1-3. The quantitative estimate of drug-likeness (QED) is 0.364. The van der Waals surface area contributed by atoms with E-state index in [1.807, 2.05) is 35.4 Å². The third-order valence-electron chi connectivity index (χ3n) is 9.48. The third-order valence-corrected chi connectivity index (χ3v) is 10.1. The Morgan fingerprint density at radius 2 is 1.74 bits per heavy atom. The van der Waals surface area contributed by atoms with Crippen LogP contribution in [-0.4, -0.2) is 71.8 Å². The first-order chi connectivity index (χ1) is 20.9. The van der Waals surface area contributed by atoms with Crippen LogP contribution in [0.4, 0.5) is 0 Å². The van der Waals surface area contributed by atoms with Gasteiger partial charge in [0.25, 0.3) is 11.8 Å². The molecule has 3 aliphatic heterocycles. The number of ether oxygens (including phenoxy) is 2. The second kappa shape index (κ2) is 11.8. The van der Waals surface area contributed by atoms with Gasteiger partial charge in [-0.25, -0.2) is 4.31 Å². The van der Waals surface area contributed by atoms with Crippen LogP contribution in [-0.2, 0) is 20.8 Å². The minimum absolute atomic E-state index is 0.0628. The Morgan fingerprint density at radius 3 is 2.49 bits per heavy atom. The maximum Gasteiger partial charge on any atom is 0.262 e. The molecule has 3 fully saturated rings. The molecule has 0 bridgehead atoms. The molecule has 4 aliphatic rings. The van der Waals surface area contributed by atoms with Crippen LogP contribution < -0.4 is 4.72 Å². The van der Waals surface area contributed by atoms with Gasteiger partial charge in [-0.3, -0.25) is 14.3 Å². The number of rotatable bonds is 5. The Morgan fingerprint density at radius 1 is 1.00 bits per heavy atom. The number of aromatic nitrogens is 1. The van der Waals surface area contributed by atoms with E-state index in [0.717, 1.165) is 35.1 Å². The van der Waals surface area contributed by atoms with Gasteiger partial charge in [0.05, 0.1) is 25.5 Å². The summed E-state index contributed by atoms with van der Waals surface area (Å²) >= 11 is 1.27. The van der Waals surface area contributed by atoms with Crippen molar-refractivity contribution in [2.45, 2.75) is 63.2 Å². The molecule has 8 nitrogen and oxygen atoms in total. The minimum atomic E-state index is -0.526. The van der Waals surface area contributed by atoms with Crippen molar-refractivity contribution in [3.05, 3.63) is 64.7 Å². The van der Waals surface area contributed by atoms with E-state index < -0.39 is 5.79 Å². The molecule has 1 saturated carbocycles. The molecule has 2 amide bonds. The number of hydrogen-bond donors (Lipinski definition) is 1. The van der Waals surface area contributed by atoms with Crippen LogP contribution in [0, 0.1) is 0 Å². The lowest BCUT2D eigenvalue weighted by molar-refractivity contribution is -0.186. The number of piperidine rings is 1. The van der Waals surface area contributed by atoms with Gasteiger partial charge >= 0.3 is 0 Å². The zero-order valence-corrected chi connectivity index (χ0v) is 25.9. The van der Waals surface area contributed by atoms with Crippen molar-refractivity contribution in [2.75, 3.05) is 40.4 Å². The van der Waals surface area contributed by atoms with Gasteiger partial charge in [-0.15, -0.1) is 0 Å². The highest BCUT2D eigenvalue weighted by Gasteiger charge is 2.41. The Balaban J connectivity index is 1.32. The van der Waals surface area contributed by atoms with Gasteiger partial charge in [0.2, 0.25) is 0 Å². The predicted octanol–water partition coefficient (Wildman–Crippen LogP) is 5.97. The minimum Gasteiger partial charge on any atom is -0.347 e. The normalized spacial score (nSPS) is 20.2. The molecule has 9 heteroatoms. The number of nitrogens with one attached hydrogen (secondary N) is 1. The van der Waals surface area contributed by atoms with Crippen molar-refractivity contribution in [1.82, 2.24) is 18.5 Å². The fourth-order valence-corrected chi connectivity index (χ4v) is 7.76. The largest absolute Gasteiger partial charge is 0.347 e. The lowest BCUT2D eigenvalue weighted by Crippen LogP contribution is -2.47. The third kappa shape index (κ3) is 5.41. The molecule has 2 aromatic carbocycles. The van der Waals surface area contributed by atoms with Gasteiger partial charge in [-0.1, -0.05) is 49.6 Å². The Bertz CT molecular complexity index is 1570. The van der Waals surface area contributed by atoms with E-state index in [-0.39, 0.29) is 11.8 Å². The van der Waals surface area contributed by atoms with Crippen LogP contribution in [0.25, 0.3) is 28.2 Å². The average molecular weight is 601 g/mol. The smallest absolute Gasteiger partial charge is 0.262 e. The highest BCUT2D eigenvalue weighted by molar-refractivity contribution is 7.95. The van der Waals surface area contributed by atoms with E-state index in [9.17, 15) is 9.59 Å². The van der Waals surface area contributed by atoms with E-state index in [4.69, 9.17) is 9.47 Å². The molecule has 0 atom stereocenters. The highest BCUT2D eigenvalue weighted by Crippen LogP contribution is 2.46. The standard InChI is InChI=1S/C34H40N4O4S/c1-36(2)43-35-32(39)25-12-13-28-29(21-25)38-22-26(33(40)37-16-14-34(15-17-37)41-18-19-42-34)20-24-10-6-7-11-27(24)31(38)30(28)23-8-4-3-5-9-23/h6-7,10-13,20-21,23H,3-5,8-9,14-19,22H2,1-2H3,(H,35,39). The van der Waals surface area contributed by atoms with E-state index in [1.54, 1.807) is 0 Å². The van der Waals surface area contributed by atoms with Crippen molar-refractivity contribution >= 4 is 40.9 Å². The lowest BCUT2D eigenvalue weighted by atomic mass is 9.81. The topological polar surface area (TPSA) is 76.0 Å². The summed E-state index contributed by atoms with van der Waals surface area (Å²) in [6.45, 7) is 2.92. The maximum atomic E-state index is 14.2. The molecule has 43 heavy (non-hydrogen) atoms. The first kappa shape index (κ1) is 28.6. The maximum absolute atomic E-state index is 14.2. The Labute approximate surface area is 257 Å². The second-order valence-electron chi connectivity index (χ2n) is 12.4. The van der Waals surface area contributed by atoms with Gasteiger partial charge < -0.3 is 18.9 Å². The number of hydrogen-bond acceptors (Lipinski definition) is 6. The van der Waals surface area contributed by atoms with Crippen LogP contribution in [0.5, 0.6) is 0 Å². The molecular formula is C34H40N4O4S. The van der Waals surface area contributed by atoms with Gasteiger partial charge in [-0.2, -0.15) is 0 Å². The molecule has 226 valence electrons. The second-order valence-corrected chi connectivity index (χ2v) is 13.5. The molecule has 0 unspecified atom stereocenters. The number of nitrogens with zero attached hydrogens (tertiary/aromatic N) is 3. The van der Waals surface area contributed by atoms with Gasteiger partial charge in [0.1, 0.15) is 0 Å². The van der Waals surface area contributed by atoms with Gasteiger partial charge in [0, 0.05) is 65.7 Å². The van der Waals surface area contributed by atoms with E-state index >= 15 is 0 Å². The fourth-order valence-electron chi connectivity index (χ4n) is 7.38. The van der Waals surface area contributed by atoms with Gasteiger partial charge in [0.15, 0.2) is 5.79 Å². The van der Waals surface area contributed by atoms with E-state index in [0.29, 0.717) is 57.2 Å². The summed E-state index contributed by atoms with van der Waals surface area (Å²) in [6.07, 6.45) is 9.54. The lowest BCUT2D eigenvalue weighted by Gasteiger charge is -2.37. The first-order valence-corrected chi connectivity index (χ1v) is 16.4. The monoisotopic (exact) mass is 600 g/mol.